The molecule has 0 amide bonds. The number of aliphatic imine (C=N–C) groups is 8. The van der Waals surface area contributed by atoms with Crippen molar-refractivity contribution in [3.05, 3.63) is 338 Å². The lowest BCUT2D eigenvalue weighted by atomic mass is 9.88. The van der Waals surface area contributed by atoms with Crippen LogP contribution in [0.1, 0.15) is 207 Å². The molecule has 0 heterocycles. The van der Waals surface area contributed by atoms with Crippen LogP contribution in [0, 0.1) is 0 Å². The molecule has 8 aromatic carbocycles. The van der Waals surface area contributed by atoms with Gasteiger partial charge in [-0.2, -0.15) is 39.9 Å². The molecule has 0 bridgehead atoms. The van der Waals surface area contributed by atoms with E-state index in [1.165, 1.54) is 18.8 Å². The smallest absolute Gasteiger partial charge is 0.235 e. The van der Waals surface area contributed by atoms with Crippen LogP contribution in [0.3, 0.4) is 0 Å². The van der Waals surface area contributed by atoms with Crippen LogP contribution >= 0.6 is 0 Å². The number of para-hydroxylation sites is 1. The van der Waals surface area contributed by atoms with E-state index in [1.54, 1.807) is 98.9 Å². The van der Waals surface area contributed by atoms with E-state index in [-0.39, 0.29) is 34.0 Å². The number of isocyanates is 8. The molecule has 0 aromatic heterocycles. The molecule has 8 aromatic rings. The fourth-order valence-electron chi connectivity index (χ4n) is 10.9. The summed E-state index contributed by atoms with van der Waals surface area (Å²) in [5.41, 5.74) is 8.97. The first-order valence-electron chi connectivity index (χ1n) is 41.1. The van der Waals surface area contributed by atoms with Crippen molar-refractivity contribution in [3.8, 4) is 28.7 Å². The Balaban J connectivity index is 0.000000755. The number of nitrogens with zero attached hydrogens (tertiary/aromatic N) is 8. The van der Waals surface area contributed by atoms with Crippen molar-refractivity contribution < 1.29 is 85.7 Å². The van der Waals surface area contributed by atoms with E-state index in [4.69, 9.17) is 47.4 Å². The van der Waals surface area contributed by atoms with Gasteiger partial charge in [-0.05, 0) is 262 Å². The van der Waals surface area contributed by atoms with Gasteiger partial charge in [-0.25, -0.2) is 38.4 Å². The quantitative estimate of drug-likeness (QED) is 0.0114. The first-order valence-corrected chi connectivity index (χ1v) is 41.1. The highest BCUT2D eigenvalue weighted by Crippen LogP contribution is 2.36. The van der Waals surface area contributed by atoms with Crippen LogP contribution in [0.25, 0.3) is 16.7 Å². The van der Waals surface area contributed by atoms with Gasteiger partial charge in [-0.1, -0.05) is 203 Å². The summed E-state index contributed by atoms with van der Waals surface area (Å²) in [5.74, 6) is 4.50. The van der Waals surface area contributed by atoms with Gasteiger partial charge in [0.1, 0.15) is 28.7 Å². The second-order valence-corrected chi connectivity index (χ2v) is 32.7. The molecule has 0 saturated heterocycles. The second-order valence-electron chi connectivity index (χ2n) is 32.7. The van der Waals surface area contributed by atoms with Gasteiger partial charge in [-0.3, -0.25) is 0 Å². The molecule has 0 spiro atoms. The lowest BCUT2D eigenvalue weighted by Crippen LogP contribution is -2.15. The predicted octanol–water partition coefficient (Wildman–Crippen LogP) is 24.4. The summed E-state index contributed by atoms with van der Waals surface area (Å²) in [7, 11) is 0. The number of carbonyl (C=O) groups excluding carboxylic acids is 8. The van der Waals surface area contributed by atoms with Gasteiger partial charge in [0, 0.05) is 5.56 Å². The Labute approximate surface area is 777 Å². The van der Waals surface area contributed by atoms with Crippen molar-refractivity contribution in [1.82, 2.24) is 0 Å². The molecule has 0 radical (unpaired) electrons. The largest absolute Gasteiger partial charge is 0.466 e. The molecule has 26 heteroatoms. The van der Waals surface area contributed by atoms with Gasteiger partial charge >= 0.3 is 0 Å². The highest BCUT2D eigenvalue weighted by molar-refractivity contribution is 5.66. The lowest BCUT2D eigenvalue weighted by molar-refractivity contribution is 0.0623. The van der Waals surface area contributed by atoms with Crippen LogP contribution in [0.15, 0.2) is 317 Å². The SMILES string of the molecule is C=C(C)OCOc1ccc(C(C)(C)N=C=O)cc1.C=C(C)OCOc1cccc(C(C)(C)N=C=O)c1.C=C(C)c1ccc(C(C)(C)N=C=O)cc1.C=C(C)c1cccc(C(C)(C)N=C=O)c1.C=C(C)c1ccccc1C(C)(C)N=C=O.C=COCOc1ccc(C(C)(C)N=C=O)cc1.C=COCOc1cccc(C(C)(C)N=C=O)c1.C=COCOc1ccccc1C(C)(C)N=C=O. The second kappa shape index (κ2) is 58.2. The molecule has 0 aliphatic rings. The maximum atomic E-state index is 10.4. The molecule has 696 valence electrons. The van der Waals surface area contributed by atoms with Crippen LogP contribution in [-0.2, 0) is 106 Å². The van der Waals surface area contributed by atoms with Crippen LogP contribution in [-0.4, -0.2) is 82.6 Å². The standard InChI is InChI=1S/2C14H17NO3.3C13H15NO3.3C13H15NO/c1-11(2)17-10-18-13-7-5-12(6-8-13)14(3,4)15-9-16;1-11(2)17-10-18-13-7-5-6-12(8-13)14(3,4)15-9-16;1-4-16-10-17-12-7-5-11(6-8-12)13(2,3)14-9-15;1-4-16-10-17-12-7-5-6-11(8-12)13(2,3)14-9-15;1-4-16-10-17-12-8-6-5-7-11(12)13(2,3)14-9-15;1-10(2)11-5-7-12(8-6-11)13(3,4)14-9-15;1-10(2)11-6-5-7-12(8-11)13(3,4)14-9-15;1-10(2)11-7-5-6-8-12(11)13(3,4)14-9-15/h2*5-8H,1,10H2,2-4H3;3*4-8H,1,10H2,2-3H3;3*5-8H,1H2,2-4H3. The number of ether oxygens (including phenoxy) is 10. The van der Waals surface area contributed by atoms with E-state index in [2.05, 4.69) is 92.6 Å². The predicted molar refractivity (Wildman–Crippen MR) is 518 cm³/mol. The molecule has 0 fully saturated rings. The van der Waals surface area contributed by atoms with Gasteiger partial charge in [0.25, 0.3) is 0 Å². The van der Waals surface area contributed by atoms with Crippen molar-refractivity contribution in [1.29, 1.82) is 0 Å². The van der Waals surface area contributed by atoms with Crippen molar-refractivity contribution >= 4 is 65.4 Å². The number of allylic oxidation sites excluding steroid dienone is 5. The van der Waals surface area contributed by atoms with Gasteiger partial charge in [0.05, 0.1) is 74.6 Å². The van der Waals surface area contributed by atoms with Crippen LogP contribution < -0.4 is 23.7 Å². The Bertz CT molecular complexity index is 5520. The monoisotopic (exact) mass is 1800 g/mol. The minimum Gasteiger partial charge on any atom is -0.466 e. The van der Waals surface area contributed by atoms with Crippen molar-refractivity contribution in [2.75, 3.05) is 34.0 Å². The lowest BCUT2D eigenvalue weighted by Gasteiger charge is -2.21. The topological polar surface area (TPSA) is 328 Å². The summed E-state index contributed by atoms with van der Waals surface area (Å²) in [4.78, 5) is 113. The molecule has 0 aliphatic heterocycles. The average Bonchev–Trinajstić information content (AvgIpc) is 0.817. The third-order valence-electron chi connectivity index (χ3n) is 18.8. The summed E-state index contributed by atoms with van der Waals surface area (Å²) in [6.07, 6.45) is 16.6. The summed E-state index contributed by atoms with van der Waals surface area (Å²) in [5, 5.41) is 0. The number of benzene rings is 8. The van der Waals surface area contributed by atoms with E-state index in [1.807, 2.05) is 289 Å². The summed E-state index contributed by atoms with van der Waals surface area (Å²) in [6.45, 7) is 68.7. The fraction of sp³-hybridized carbons (Fsp3) is 0.321. The number of rotatable bonds is 39. The zero-order valence-corrected chi connectivity index (χ0v) is 79.8. The first kappa shape index (κ1) is 115. The third-order valence-corrected chi connectivity index (χ3v) is 18.8. The molecule has 26 nitrogen and oxygen atoms in total. The van der Waals surface area contributed by atoms with Crippen LogP contribution in [0.5, 0.6) is 28.7 Å². The van der Waals surface area contributed by atoms with Gasteiger partial charge < -0.3 is 47.4 Å². The number of hydrogen-bond donors (Lipinski definition) is 0. The summed E-state index contributed by atoms with van der Waals surface area (Å²) < 4.78 is 51.6. The average molecular weight is 1800 g/mol. The molecule has 0 unspecified atom stereocenters. The highest BCUT2D eigenvalue weighted by atomic mass is 16.7. The molecule has 0 N–H and O–H groups in total. The van der Waals surface area contributed by atoms with E-state index in [0.29, 0.717) is 40.3 Å². The molecule has 0 atom stereocenters. The van der Waals surface area contributed by atoms with Gasteiger partial charge in [0.15, 0.2) is 0 Å². The molecule has 8 rings (SSSR count). The molecule has 132 heavy (non-hydrogen) atoms. The van der Waals surface area contributed by atoms with E-state index < -0.39 is 44.3 Å². The van der Waals surface area contributed by atoms with Crippen molar-refractivity contribution in [2.45, 2.75) is 190 Å². The van der Waals surface area contributed by atoms with Crippen molar-refractivity contribution in [3.63, 3.8) is 0 Å². The van der Waals surface area contributed by atoms with Crippen LogP contribution in [0.4, 0.5) is 0 Å². The highest BCUT2D eigenvalue weighted by Gasteiger charge is 2.27. The summed E-state index contributed by atoms with van der Waals surface area (Å²) >= 11 is 0. The van der Waals surface area contributed by atoms with E-state index >= 15 is 0 Å². The van der Waals surface area contributed by atoms with Crippen molar-refractivity contribution in [2.24, 2.45) is 39.9 Å². The fourth-order valence-corrected chi connectivity index (χ4v) is 10.9. The van der Waals surface area contributed by atoms with Gasteiger partial charge in [-0.15, -0.1) is 0 Å². The Morgan fingerprint density at radius 3 is 0.894 bits per heavy atom. The maximum Gasteiger partial charge on any atom is 0.235 e. The van der Waals surface area contributed by atoms with E-state index in [9.17, 15) is 38.4 Å². The molecular weight excluding hydrogens is 1670 g/mol. The molecule has 0 aliphatic carbocycles. The Hall–Kier alpha value is -15.3. The maximum absolute atomic E-state index is 10.4. The first-order chi connectivity index (χ1) is 62.1. The normalized spacial score (nSPS) is 10.4. The van der Waals surface area contributed by atoms with Crippen LogP contribution in [0.2, 0.25) is 0 Å². The zero-order valence-electron chi connectivity index (χ0n) is 79.8. The molecular formula is C106H124N8O18. The Morgan fingerprint density at radius 2 is 0.553 bits per heavy atom. The summed E-state index contributed by atoms with van der Waals surface area (Å²) in [6, 6.07) is 60.3. The Kier molecular flexibility index (Phi) is 50.6. The van der Waals surface area contributed by atoms with Gasteiger partial charge in [0.2, 0.25) is 82.6 Å². The third kappa shape index (κ3) is 43.0. The van der Waals surface area contributed by atoms with E-state index in [0.717, 1.165) is 77.9 Å². The Morgan fingerprint density at radius 1 is 0.273 bits per heavy atom. The molecule has 0 saturated carbocycles. The minimum atomic E-state index is -0.674. The minimum absolute atomic E-state index is 0.0708. The number of hydrogen-bond acceptors (Lipinski definition) is 26. The zero-order chi connectivity index (χ0) is 99.8.